The van der Waals surface area contributed by atoms with Gasteiger partial charge in [0.05, 0.1) is 0 Å². The van der Waals surface area contributed by atoms with Gasteiger partial charge in [0.2, 0.25) is 0 Å². The quantitative estimate of drug-likeness (QED) is 0.890. The average molecular weight is 274 g/mol. The molecule has 0 aliphatic heterocycles. The summed E-state index contributed by atoms with van der Waals surface area (Å²) in [5.41, 5.74) is 7.75. The van der Waals surface area contributed by atoms with Crippen molar-refractivity contribution in [1.82, 2.24) is 4.90 Å². The van der Waals surface area contributed by atoms with E-state index in [9.17, 15) is 0 Å². The fraction of sp³-hybridized carbons (Fsp3) is 0.667. The van der Waals surface area contributed by atoms with E-state index in [2.05, 4.69) is 56.1 Å². The first-order valence-corrected chi connectivity index (χ1v) is 8.04. The van der Waals surface area contributed by atoms with Crippen LogP contribution in [0.5, 0.6) is 0 Å². The molecule has 2 nitrogen and oxygen atoms in total. The van der Waals surface area contributed by atoms with Gasteiger partial charge in [-0.05, 0) is 49.6 Å². The van der Waals surface area contributed by atoms with Gasteiger partial charge in [-0.15, -0.1) is 0 Å². The van der Waals surface area contributed by atoms with Gasteiger partial charge >= 0.3 is 0 Å². The Balaban J connectivity index is 1.87. The van der Waals surface area contributed by atoms with Crippen molar-refractivity contribution < 1.29 is 0 Å². The normalized spacial score (nSPS) is 27.2. The fourth-order valence-electron chi connectivity index (χ4n) is 3.50. The van der Waals surface area contributed by atoms with Crippen molar-refractivity contribution in [3.05, 3.63) is 35.9 Å². The number of hydrogen-bond acceptors (Lipinski definition) is 2. The van der Waals surface area contributed by atoms with Crippen LogP contribution in [0.4, 0.5) is 0 Å². The Labute approximate surface area is 124 Å². The molecule has 3 unspecified atom stereocenters. The molecule has 1 fully saturated rings. The lowest BCUT2D eigenvalue weighted by atomic mass is 9.74. The molecule has 0 spiro atoms. The van der Waals surface area contributed by atoms with Crippen LogP contribution in [0.3, 0.4) is 0 Å². The zero-order valence-electron chi connectivity index (χ0n) is 13.3. The number of hydrogen-bond donors (Lipinski definition) is 1. The molecule has 1 aromatic carbocycles. The summed E-state index contributed by atoms with van der Waals surface area (Å²) in [4.78, 5) is 2.43. The molecule has 20 heavy (non-hydrogen) atoms. The molecule has 1 saturated carbocycles. The topological polar surface area (TPSA) is 29.3 Å². The summed E-state index contributed by atoms with van der Waals surface area (Å²) in [6.07, 6.45) is 3.82. The summed E-state index contributed by atoms with van der Waals surface area (Å²) < 4.78 is 0. The predicted octanol–water partition coefficient (Wildman–Crippen LogP) is 3.52. The van der Waals surface area contributed by atoms with E-state index in [1.807, 2.05) is 0 Å². The second kappa shape index (κ2) is 7.24. The highest BCUT2D eigenvalue weighted by atomic mass is 15.1. The smallest absolute Gasteiger partial charge is 0.0230 e. The molecule has 1 aliphatic rings. The number of nitrogens with two attached hydrogens (primary N) is 1. The molecule has 0 heterocycles. The van der Waals surface area contributed by atoms with Crippen molar-refractivity contribution in [2.75, 3.05) is 13.6 Å². The second-order valence-electron chi connectivity index (χ2n) is 6.92. The van der Waals surface area contributed by atoms with Gasteiger partial charge in [-0.2, -0.15) is 0 Å². The Morgan fingerprint density at radius 3 is 2.55 bits per heavy atom. The Bertz CT molecular complexity index is 388. The first-order valence-electron chi connectivity index (χ1n) is 8.04. The minimum Gasteiger partial charge on any atom is -0.327 e. The van der Waals surface area contributed by atoms with Crippen LogP contribution in [-0.2, 0) is 6.54 Å². The molecular weight excluding hydrogens is 244 g/mol. The lowest BCUT2D eigenvalue weighted by Gasteiger charge is -2.38. The summed E-state index contributed by atoms with van der Waals surface area (Å²) in [7, 11) is 2.22. The van der Waals surface area contributed by atoms with Gasteiger partial charge in [-0.25, -0.2) is 0 Å². The van der Waals surface area contributed by atoms with Crippen LogP contribution in [0.2, 0.25) is 0 Å². The van der Waals surface area contributed by atoms with Gasteiger partial charge in [-0.1, -0.05) is 44.2 Å². The minimum atomic E-state index is 0.392. The van der Waals surface area contributed by atoms with Crippen molar-refractivity contribution in [2.24, 2.45) is 23.5 Å². The van der Waals surface area contributed by atoms with Crippen molar-refractivity contribution in [3.8, 4) is 0 Å². The first kappa shape index (κ1) is 15.5. The molecule has 0 saturated heterocycles. The van der Waals surface area contributed by atoms with Crippen LogP contribution >= 0.6 is 0 Å². The largest absolute Gasteiger partial charge is 0.327 e. The number of rotatable bonds is 5. The number of benzene rings is 1. The summed E-state index contributed by atoms with van der Waals surface area (Å²) in [6, 6.07) is 11.1. The molecule has 112 valence electrons. The molecule has 1 aromatic rings. The summed E-state index contributed by atoms with van der Waals surface area (Å²) in [5, 5.41) is 0. The summed E-state index contributed by atoms with van der Waals surface area (Å²) >= 11 is 0. The van der Waals surface area contributed by atoms with Gasteiger partial charge in [0.25, 0.3) is 0 Å². The van der Waals surface area contributed by atoms with E-state index in [0.717, 1.165) is 24.9 Å². The van der Waals surface area contributed by atoms with E-state index in [1.54, 1.807) is 0 Å². The lowest BCUT2D eigenvalue weighted by molar-refractivity contribution is 0.147. The summed E-state index contributed by atoms with van der Waals surface area (Å²) in [5.74, 6) is 2.32. The average Bonchev–Trinajstić information content (AvgIpc) is 2.42. The SMILES string of the molecule is CC(C)C1CCC(N)C(CN(C)Cc2ccccc2)C1. The van der Waals surface area contributed by atoms with Crippen molar-refractivity contribution >= 4 is 0 Å². The molecule has 2 rings (SSSR count). The molecule has 0 amide bonds. The highest BCUT2D eigenvalue weighted by Crippen LogP contribution is 2.33. The van der Waals surface area contributed by atoms with Gasteiger partial charge in [0, 0.05) is 19.1 Å². The highest BCUT2D eigenvalue weighted by Gasteiger charge is 2.30. The van der Waals surface area contributed by atoms with E-state index in [1.165, 1.54) is 24.8 Å². The summed E-state index contributed by atoms with van der Waals surface area (Å²) in [6.45, 7) is 6.86. The van der Waals surface area contributed by atoms with Gasteiger partial charge in [0.1, 0.15) is 0 Å². The molecular formula is C18H30N2. The molecule has 0 bridgehead atoms. The van der Waals surface area contributed by atoms with Crippen LogP contribution in [0.25, 0.3) is 0 Å². The molecule has 0 aromatic heterocycles. The van der Waals surface area contributed by atoms with Gasteiger partial charge in [-0.3, -0.25) is 0 Å². The van der Waals surface area contributed by atoms with Crippen LogP contribution < -0.4 is 5.73 Å². The third-order valence-corrected chi connectivity index (χ3v) is 4.87. The Hall–Kier alpha value is -0.860. The first-order chi connectivity index (χ1) is 9.56. The van der Waals surface area contributed by atoms with E-state index >= 15 is 0 Å². The maximum atomic E-state index is 6.36. The lowest BCUT2D eigenvalue weighted by Crippen LogP contribution is -2.42. The van der Waals surface area contributed by atoms with Crippen molar-refractivity contribution in [3.63, 3.8) is 0 Å². The van der Waals surface area contributed by atoms with E-state index in [-0.39, 0.29) is 0 Å². The van der Waals surface area contributed by atoms with Crippen molar-refractivity contribution in [1.29, 1.82) is 0 Å². The third-order valence-electron chi connectivity index (χ3n) is 4.87. The Kier molecular flexibility index (Phi) is 5.62. The van der Waals surface area contributed by atoms with E-state index in [0.29, 0.717) is 12.0 Å². The van der Waals surface area contributed by atoms with Crippen LogP contribution in [-0.4, -0.2) is 24.5 Å². The standard InChI is InChI=1S/C18H30N2/c1-14(2)16-9-10-18(19)17(11-16)13-20(3)12-15-7-5-4-6-8-15/h4-8,14,16-18H,9-13,19H2,1-3H3. The Morgan fingerprint density at radius 2 is 1.90 bits per heavy atom. The maximum absolute atomic E-state index is 6.36. The second-order valence-corrected chi connectivity index (χ2v) is 6.92. The Morgan fingerprint density at radius 1 is 1.20 bits per heavy atom. The number of nitrogens with zero attached hydrogens (tertiary/aromatic N) is 1. The van der Waals surface area contributed by atoms with Crippen LogP contribution in [0, 0.1) is 17.8 Å². The monoisotopic (exact) mass is 274 g/mol. The van der Waals surface area contributed by atoms with Crippen LogP contribution in [0.1, 0.15) is 38.7 Å². The van der Waals surface area contributed by atoms with Gasteiger partial charge in [0.15, 0.2) is 0 Å². The van der Waals surface area contributed by atoms with Crippen LogP contribution in [0.15, 0.2) is 30.3 Å². The zero-order chi connectivity index (χ0) is 14.5. The molecule has 0 radical (unpaired) electrons. The maximum Gasteiger partial charge on any atom is 0.0230 e. The minimum absolute atomic E-state index is 0.392. The molecule has 2 heteroatoms. The van der Waals surface area contributed by atoms with E-state index in [4.69, 9.17) is 5.73 Å². The van der Waals surface area contributed by atoms with E-state index < -0.39 is 0 Å². The highest BCUT2D eigenvalue weighted by molar-refractivity contribution is 5.14. The molecule has 1 aliphatic carbocycles. The third kappa shape index (κ3) is 4.32. The fourth-order valence-corrected chi connectivity index (χ4v) is 3.50. The molecule has 2 N–H and O–H groups in total. The van der Waals surface area contributed by atoms with Gasteiger partial charge < -0.3 is 10.6 Å². The van der Waals surface area contributed by atoms with Crippen molar-refractivity contribution in [2.45, 2.75) is 45.7 Å². The molecule has 3 atom stereocenters. The zero-order valence-corrected chi connectivity index (χ0v) is 13.3. The predicted molar refractivity (Wildman–Crippen MR) is 86.4 cm³/mol.